The maximum Gasteiger partial charge on any atom is 0.416 e. The number of hydrogen-bond donors (Lipinski definition) is 0. The Morgan fingerprint density at radius 1 is 1.10 bits per heavy atom. The van der Waals surface area contributed by atoms with Crippen LogP contribution in [0.1, 0.15) is 41.6 Å². The number of amidine groups is 1. The zero-order valence-electron chi connectivity index (χ0n) is 16.6. The first-order chi connectivity index (χ1) is 13.9. The molecule has 0 saturated carbocycles. The van der Waals surface area contributed by atoms with E-state index in [-0.39, 0.29) is 29.3 Å². The van der Waals surface area contributed by atoms with Crippen molar-refractivity contribution in [3.8, 4) is 5.75 Å². The Morgan fingerprint density at radius 2 is 1.83 bits per heavy atom. The first kappa shape index (κ1) is 23.9. The summed E-state index contributed by atoms with van der Waals surface area (Å²) in [6.07, 6.45) is -0.980. The van der Waals surface area contributed by atoms with Gasteiger partial charge in [0, 0.05) is 24.2 Å². The summed E-state index contributed by atoms with van der Waals surface area (Å²) in [4.78, 5) is 19.1. The van der Waals surface area contributed by atoms with Gasteiger partial charge in [0.15, 0.2) is 5.78 Å². The van der Waals surface area contributed by atoms with Crippen LogP contribution in [-0.2, 0) is 6.18 Å². The van der Waals surface area contributed by atoms with Crippen molar-refractivity contribution in [2.75, 3.05) is 25.1 Å². The van der Waals surface area contributed by atoms with Gasteiger partial charge in [-0.25, -0.2) is 0 Å². The maximum atomic E-state index is 13.2. The molecule has 1 aliphatic heterocycles. The Hall–Kier alpha value is -2.35. The molecule has 0 aromatic heterocycles. The second-order valence-electron chi connectivity index (χ2n) is 6.89. The summed E-state index contributed by atoms with van der Waals surface area (Å²) < 4.78 is 44.7. The lowest BCUT2D eigenvalue weighted by Crippen LogP contribution is -2.36. The molecule has 0 saturated heterocycles. The number of ether oxygens (including phenoxy) is 1. The summed E-state index contributed by atoms with van der Waals surface area (Å²) in [5.74, 6) is 1.09. The van der Waals surface area contributed by atoms with Gasteiger partial charge in [-0.15, -0.1) is 17.0 Å². The van der Waals surface area contributed by atoms with E-state index < -0.39 is 11.7 Å². The first-order valence-corrected chi connectivity index (χ1v) is 9.54. The van der Waals surface area contributed by atoms with Gasteiger partial charge in [-0.3, -0.25) is 9.79 Å². The van der Waals surface area contributed by atoms with E-state index in [1.807, 2.05) is 0 Å². The molecule has 1 aliphatic rings. The van der Waals surface area contributed by atoms with Gasteiger partial charge in [0.1, 0.15) is 11.6 Å². The average Bonchev–Trinajstić information content (AvgIpc) is 3.01. The molecule has 0 fully saturated rings. The van der Waals surface area contributed by atoms with Gasteiger partial charge in [0.2, 0.25) is 0 Å². The maximum absolute atomic E-state index is 13.2. The Bertz CT molecular complexity index is 883. The minimum atomic E-state index is -4.45. The minimum absolute atomic E-state index is 0. The number of anilines is 1. The van der Waals surface area contributed by atoms with Gasteiger partial charge < -0.3 is 9.64 Å². The van der Waals surface area contributed by atoms with Crippen LogP contribution >= 0.6 is 17.0 Å². The number of methoxy groups -OCH3 is 1. The van der Waals surface area contributed by atoms with E-state index in [1.165, 1.54) is 13.2 Å². The molecule has 1 heterocycles. The highest BCUT2D eigenvalue weighted by atomic mass is 79.9. The topological polar surface area (TPSA) is 41.9 Å². The van der Waals surface area contributed by atoms with Gasteiger partial charge in [0.25, 0.3) is 0 Å². The summed E-state index contributed by atoms with van der Waals surface area (Å²) in [7, 11) is 1.54. The normalized spacial score (nSPS) is 14.2. The van der Waals surface area contributed by atoms with E-state index in [0.29, 0.717) is 35.8 Å². The Morgan fingerprint density at radius 3 is 2.50 bits per heavy atom. The number of hydrogen-bond acceptors (Lipinski definition) is 4. The lowest BCUT2D eigenvalue weighted by molar-refractivity contribution is -0.137. The predicted octanol–water partition coefficient (Wildman–Crippen LogP) is 5.95. The summed E-state index contributed by atoms with van der Waals surface area (Å²) in [6, 6.07) is 11.7. The van der Waals surface area contributed by atoms with Gasteiger partial charge in [0.05, 0.1) is 19.2 Å². The number of aliphatic imine (C=N–C) groups is 1. The van der Waals surface area contributed by atoms with E-state index in [4.69, 9.17) is 4.74 Å². The fraction of sp³-hybridized carbons (Fsp3) is 0.364. The summed E-state index contributed by atoms with van der Waals surface area (Å²) in [5.41, 5.74) is 0.0467. The van der Waals surface area contributed by atoms with E-state index >= 15 is 0 Å². The highest BCUT2D eigenvalue weighted by Gasteiger charge is 2.31. The van der Waals surface area contributed by atoms with Crippen LogP contribution in [0.25, 0.3) is 0 Å². The molecule has 2 aromatic rings. The molecule has 0 spiro atoms. The van der Waals surface area contributed by atoms with Gasteiger partial charge >= 0.3 is 6.18 Å². The standard InChI is InChI=1S/C22H23F3N2O2.BrH/c1-29-19-11-9-16(10-12-19)20(28)15-27(21-8-3-2-4-13-26-21)18-7-5-6-17(14-18)22(23,24)25;/h5-7,9-12,14H,2-4,8,13,15H2,1H3;1H. The molecule has 0 bridgehead atoms. The van der Waals surface area contributed by atoms with Crippen molar-refractivity contribution in [2.24, 2.45) is 4.99 Å². The van der Waals surface area contributed by atoms with Gasteiger partial charge in [-0.2, -0.15) is 13.2 Å². The molecule has 0 N–H and O–H groups in total. The number of alkyl halides is 3. The van der Waals surface area contributed by atoms with Crippen molar-refractivity contribution < 1.29 is 22.7 Å². The second kappa shape index (κ2) is 10.6. The molecule has 3 rings (SSSR count). The van der Waals surface area contributed by atoms with Crippen LogP contribution in [0, 0.1) is 0 Å². The molecule has 0 amide bonds. The SMILES string of the molecule is Br.COc1ccc(C(=O)CN(C2=NCCCCC2)c2cccc(C(F)(F)F)c2)cc1. The molecular formula is C22H24BrF3N2O2. The lowest BCUT2D eigenvalue weighted by atomic mass is 10.1. The van der Waals surface area contributed by atoms with E-state index in [1.54, 1.807) is 35.2 Å². The summed E-state index contributed by atoms with van der Waals surface area (Å²) >= 11 is 0. The predicted molar refractivity (Wildman–Crippen MR) is 117 cm³/mol. The van der Waals surface area contributed by atoms with Gasteiger partial charge in [-0.1, -0.05) is 12.5 Å². The number of nitrogens with zero attached hydrogens (tertiary/aromatic N) is 2. The highest BCUT2D eigenvalue weighted by Crippen LogP contribution is 2.32. The van der Waals surface area contributed by atoms with E-state index in [9.17, 15) is 18.0 Å². The molecular weight excluding hydrogens is 461 g/mol. The number of ketones is 1. The third-order valence-corrected chi connectivity index (χ3v) is 4.86. The minimum Gasteiger partial charge on any atom is -0.497 e. The molecule has 30 heavy (non-hydrogen) atoms. The van der Waals surface area contributed by atoms with Crippen molar-refractivity contribution in [3.63, 3.8) is 0 Å². The fourth-order valence-electron chi connectivity index (χ4n) is 3.27. The number of carbonyl (C=O) groups is 1. The van der Waals surface area contributed by atoms with E-state index in [2.05, 4.69) is 4.99 Å². The van der Waals surface area contributed by atoms with Crippen LogP contribution in [0.3, 0.4) is 0 Å². The Labute approximate surface area is 184 Å². The molecule has 0 radical (unpaired) electrons. The molecule has 0 aliphatic carbocycles. The number of rotatable bonds is 5. The summed E-state index contributed by atoms with van der Waals surface area (Å²) in [6.45, 7) is 0.536. The quantitative estimate of drug-likeness (QED) is 0.492. The van der Waals surface area contributed by atoms with Crippen LogP contribution in [-0.4, -0.2) is 31.8 Å². The van der Waals surface area contributed by atoms with Crippen molar-refractivity contribution in [1.29, 1.82) is 0 Å². The lowest BCUT2D eigenvalue weighted by Gasteiger charge is -2.26. The fourth-order valence-corrected chi connectivity index (χ4v) is 3.27. The Balaban J connectivity index is 0.00000320. The number of benzene rings is 2. The third-order valence-electron chi connectivity index (χ3n) is 4.86. The average molecular weight is 485 g/mol. The van der Waals surface area contributed by atoms with E-state index in [0.717, 1.165) is 31.4 Å². The molecule has 0 unspecified atom stereocenters. The van der Waals surface area contributed by atoms with Gasteiger partial charge in [-0.05, 0) is 55.3 Å². The molecule has 8 heteroatoms. The third kappa shape index (κ3) is 6.08. The Kier molecular flexibility index (Phi) is 8.46. The zero-order chi connectivity index (χ0) is 20.9. The molecule has 162 valence electrons. The van der Waals surface area contributed by atoms with Crippen molar-refractivity contribution in [2.45, 2.75) is 31.9 Å². The zero-order valence-corrected chi connectivity index (χ0v) is 18.3. The van der Waals surface area contributed by atoms with Crippen LogP contribution in [0.2, 0.25) is 0 Å². The van der Waals surface area contributed by atoms with Crippen molar-refractivity contribution in [3.05, 3.63) is 59.7 Å². The van der Waals surface area contributed by atoms with Crippen molar-refractivity contribution >= 4 is 34.3 Å². The summed E-state index contributed by atoms with van der Waals surface area (Å²) in [5, 5.41) is 0. The molecule has 2 aromatic carbocycles. The molecule has 0 atom stereocenters. The first-order valence-electron chi connectivity index (χ1n) is 9.54. The van der Waals surface area contributed by atoms with Crippen LogP contribution in [0.5, 0.6) is 5.75 Å². The smallest absolute Gasteiger partial charge is 0.416 e. The number of halogens is 4. The van der Waals surface area contributed by atoms with Crippen LogP contribution < -0.4 is 9.64 Å². The van der Waals surface area contributed by atoms with Crippen molar-refractivity contribution in [1.82, 2.24) is 0 Å². The highest BCUT2D eigenvalue weighted by molar-refractivity contribution is 8.93. The van der Waals surface area contributed by atoms with Crippen LogP contribution in [0.4, 0.5) is 18.9 Å². The second-order valence-corrected chi connectivity index (χ2v) is 6.89. The monoisotopic (exact) mass is 484 g/mol. The largest absolute Gasteiger partial charge is 0.497 e. The number of Topliss-reactive ketones (excluding diaryl/α,β-unsaturated/α-hetero) is 1. The number of carbonyl (C=O) groups excluding carboxylic acids is 1. The molecule has 4 nitrogen and oxygen atoms in total. The van der Waals surface area contributed by atoms with Crippen LogP contribution in [0.15, 0.2) is 53.5 Å².